The topological polar surface area (TPSA) is 131 Å². The fraction of sp³-hybridized carbons (Fsp3) is 0.389. The lowest BCUT2D eigenvalue weighted by Crippen LogP contribution is -2.17. The van der Waals surface area contributed by atoms with Crippen LogP contribution < -0.4 is 16.6 Å². The van der Waals surface area contributed by atoms with Crippen LogP contribution in [0.4, 0.5) is 5.13 Å². The summed E-state index contributed by atoms with van der Waals surface area (Å²) in [6.45, 7) is 0. The van der Waals surface area contributed by atoms with Crippen molar-refractivity contribution in [1.82, 2.24) is 15.0 Å². The van der Waals surface area contributed by atoms with Gasteiger partial charge in [0.15, 0.2) is 5.13 Å². The molecule has 1 aliphatic carbocycles. The van der Waals surface area contributed by atoms with E-state index in [0.717, 1.165) is 41.5 Å². The second-order valence-electron chi connectivity index (χ2n) is 6.74. The van der Waals surface area contributed by atoms with Crippen LogP contribution in [0.15, 0.2) is 10.2 Å². The highest BCUT2D eigenvalue weighted by atomic mass is 32.1. The van der Waals surface area contributed by atoms with Gasteiger partial charge < -0.3 is 16.0 Å². The second-order valence-corrected chi connectivity index (χ2v) is 8.68. The first kappa shape index (κ1) is 18.8. The summed E-state index contributed by atoms with van der Waals surface area (Å²) in [6.07, 6.45) is 4.76. The van der Waals surface area contributed by atoms with Gasteiger partial charge in [-0.15, -0.1) is 22.7 Å². The van der Waals surface area contributed by atoms with Gasteiger partial charge in [-0.05, 0) is 31.2 Å². The molecule has 0 atom stereocenters. The number of rotatable bonds is 6. The fourth-order valence-corrected chi connectivity index (χ4v) is 5.37. The maximum Gasteiger partial charge on any atom is 0.259 e. The first-order valence-corrected chi connectivity index (χ1v) is 10.7. The molecule has 0 spiro atoms. The highest BCUT2D eigenvalue weighted by Crippen LogP contribution is 2.33. The number of H-pyrrole nitrogens is 1. The van der Waals surface area contributed by atoms with Crippen LogP contribution in [-0.2, 0) is 35.3 Å². The molecule has 1 aliphatic rings. The number of fused-ring (bicyclic) bond motifs is 3. The number of carbonyl (C=O) groups excluding carboxylic acids is 2. The molecule has 146 valence electrons. The van der Waals surface area contributed by atoms with Crippen molar-refractivity contribution < 1.29 is 9.59 Å². The SMILES string of the molecule is NC(=O)Cc1csc(NC(=O)CCc2nc3sc4c(c3c(=O)[nH]2)CCCC4)n1. The summed E-state index contributed by atoms with van der Waals surface area (Å²) < 4.78 is 0. The molecule has 3 aromatic heterocycles. The summed E-state index contributed by atoms with van der Waals surface area (Å²) in [5.74, 6) is -0.183. The van der Waals surface area contributed by atoms with Gasteiger partial charge in [0.2, 0.25) is 11.8 Å². The molecule has 10 heteroatoms. The largest absolute Gasteiger partial charge is 0.369 e. The number of hydrogen-bond donors (Lipinski definition) is 3. The average Bonchev–Trinajstić information content (AvgIpc) is 3.23. The zero-order valence-corrected chi connectivity index (χ0v) is 16.7. The van der Waals surface area contributed by atoms with Crippen molar-refractivity contribution in [3.05, 3.63) is 37.7 Å². The van der Waals surface area contributed by atoms with Gasteiger partial charge >= 0.3 is 0 Å². The van der Waals surface area contributed by atoms with E-state index in [-0.39, 0.29) is 24.3 Å². The Bertz CT molecular complexity index is 1110. The van der Waals surface area contributed by atoms with Gasteiger partial charge in [0, 0.05) is 23.1 Å². The third-order valence-corrected chi connectivity index (χ3v) is 6.61. The van der Waals surface area contributed by atoms with Gasteiger partial charge in [0.05, 0.1) is 17.5 Å². The molecular weight excluding hydrogens is 398 g/mol. The molecule has 4 rings (SSSR count). The molecule has 28 heavy (non-hydrogen) atoms. The zero-order valence-electron chi connectivity index (χ0n) is 15.0. The van der Waals surface area contributed by atoms with E-state index in [2.05, 4.69) is 20.3 Å². The molecule has 3 aromatic rings. The van der Waals surface area contributed by atoms with Crippen molar-refractivity contribution in [1.29, 1.82) is 0 Å². The van der Waals surface area contributed by atoms with Crippen LogP contribution in [0.3, 0.4) is 0 Å². The molecule has 0 saturated heterocycles. The Hall–Kier alpha value is -2.59. The Kier molecular flexibility index (Phi) is 5.23. The molecular formula is C18H19N5O3S2. The number of amides is 2. The molecule has 0 radical (unpaired) electrons. The van der Waals surface area contributed by atoms with E-state index in [0.29, 0.717) is 23.1 Å². The molecule has 2 amide bonds. The van der Waals surface area contributed by atoms with Crippen LogP contribution >= 0.6 is 22.7 Å². The lowest BCUT2D eigenvalue weighted by Gasteiger charge is -2.09. The number of nitrogens with two attached hydrogens (primary N) is 1. The first-order chi connectivity index (χ1) is 13.5. The molecule has 0 unspecified atom stereocenters. The number of primary amides is 1. The Morgan fingerprint density at radius 2 is 2.07 bits per heavy atom. The Labute approximate surface area is 168 Å². The highest BCUT2D eigenvalue weighted by molar-refractivity contribution is 7.18. The summed E-state index contributed by atoms with van der Waals surface area (Å²) >= 11 is 2.83. The van der Waals surface area contributed by atoms with Crippen molar-refractivity contribution >= 4 is 49.8 Å². The van der Waals surface area contributed by atoms with Gasteiger partial charge in [0.1, 0.15) is 10.7 Å². The highest BCUT2D eigenvalue weighted by Gasteiger charge is 2.20. The van der Waals surface area contributed by atoms with Crippen LogP contribution in [-0.4, -0.2) is 26.8 Å². The Morgan fingerprint density at radius 1 is 1.25 bits per heavy atom. The number of hydrogen-bond acceptors (Lipinski definition) is 7. The van der Waals surface area contributed by atoms with Crippen molar-refractivity contribution in [3.8, 4) is 0 Å². The smallest absolute Gasteiger partial charge is 0.259 e. The van der Waals surface area contributed by atoms with Crippen LogP contribution in [0.5, 0.6) is 0 Å². The van der Waals surface area contributed by atoms with Crippen LogP contribution in [0.25, 0.3) is 10.2 Å². The van der Waals surface area contributed by atoms with E-state index in [1.807, 2.05) is 0 Å². The zero-order chi connectivity index (χ0) is 19.7. The fourth-order valence-electron chi connectivity index (χ4n) is 3.36. The minimum Gasteiger partial charge on any atom is -0.369 e. The maximum absolute atomic E-state index is 12.5. The number of aromatic nitrogens is 3. The standard InChI is InChI=1S/C18H19N5O3S2/c19-12(24)7-9-8-27-18(20-9)23-14(25)6-5-13-21-16(26)15-10-3-1-2-4-11(10)28-17(15)22-13/h8H,1-7H2,(H2,19,24)(H,20,23,25)(H,21,22,26). The van der Waals surface area contributed by atoms with E-state index in [1.54, 1.807) is 16.7 Å². The molecule has 0 fully saturated rings. The predicted octanol–water partition coefficient (Wildman–Crippen LogP) is 1.92. The summed E-state index contributed by atoms with van der Waals surface area (Å²) in [5.41, 5.74) is 6.70. The van der Waals surface area contributed by atoms with Crippen LogP contribution in [0.1, 0.15) is 41.2 Å². The number of nitrogens with one attached hydrogen (secondary N) is 2. The lowest BCUT2D eigenvalue weighted by molar-refractivity contribution is -0.117. The lowest BCUT2D eigenvalue weighted by atomic mass is 9.97. The summed E-state index contributed by atoms with van der Waals surface area (Å²) in [5, 5.41) is 5.52. The third kappa shape index (κ3) is 3.97. The quantitative estimate of drug-likeness (QED) is 0.564. The van der Waals surface area contributed by atoms with Crippen LogP contribution in [0, 0.1) is 0 Å². The maximum atomic E-state index is 12.5. The Balaban J connectivity index is 1.42. The molecule has 0 bridgehead atoms. The van der Waals surface area contributed by atoms with E-state index in [1.165, 1.54) is 16.2 Å². The predicted molar refractivity (Wildman–Crippen MR) is 109 cm³/mol. The monoisotopic (exact) mass is 417 g/mol. The summed E-state index contributed by atoms with van der Waals surface area (Å²) in [7, 11) is 0. The normalized spacial score (nSPS) is 13.4. The van der Waals surface area contributed by atoms with E-state index >= 15 is 0 Å². The third-order valence-electron chi connectivity index (χ3n) is 4.62. The number of anilines is 1. The number of aromatic amines is 1. The number of thiophene rings is 1. The Morgan fingerprint density at radius 3 is 2.89 bits per heavy atom. The van der Waals surface area contributed by atoms with E-state index in [4.69, 9.17) is 5.73 Å². The van der Waals surface area contributed by atoms with Crippen molar-refractivity contribution in [2.75, 3.05) is 5.32 Å². The number of nitrogens with zero attached hydrogens (tertiary/aromatic N) is 2. The van der Waals surface area contributed by atoms with E-state index < -0.39 is 5.91 Å². The van der Waals surface area contributed by atoms with E-state index in [9.17, 15) is 14.4 Å². The number of thiazole rings is 1. The second kappa shape index (κ2) is 7.80. The minimum atomic E-state index is -0.469. The minimum absolute atomic E-state index is 0.0440. The van der Waals surface area contributed by atoms with Crippen molar-refractivity contribution in [2.24, 2.45) is 5.73 Å². The van der Waals surface area contributed by atoms with Gasteiger partial charge in [-0.1, -0.05) is 0 Å². The molecule has 8 nitrogen and oxygen atoms in total. The first-order valence-electron chi connectivity index (χ1n) is 9.05. The van der Waals surface area contributed by atoms with Gasteiger partial charge in [0.25, 0.3) is 5.56 Å². The molecule has 0 aliphatic heterocycles. The van der Waals surface area contributed by atoms with Gasteiger partial charge in [-0.2, -0.15) is 0 Å². The number of aryl methyl sites for hydroxylation is 3. The number of carbonyl (C=O) groups is 2. The van der Waals surface area contributed by atoms with Crippen LogP contribution in [0.2, 0.25) is 0 Å². The van der Waals surface area contributed by atoms with Crippen molar-refractivity contribution in [2.45, 2.75) is 44.9 Å². The van der Waals surface area contributed by atoms with Crippen molar-refractivity contribution in [3.63, 3.8) is 0 Å². The van der Waals surface area contributed by atoms with Gasteiger partial charge in [-0.25, -0.2) is 9.97 Å². The van der Waals surface area contributed by atoms with Gasteiger partial charge in [-0.3, -0.25) is 14.4 Å². The molecule has 4 N–H and O–H groups in total. The molecule has 0 saturated carbocycles. The molecule has 0 aromatic carbocycles. The molecule has 3 heterocycles. The summed E-state index contributed by atoms with van der Waals surface area (Å²) in [4.78, 5) is 49.2. The summed E-state index contributed by atoms with van der Waals surface area (Å²) in [6, 6.07) is 0. The average molecular weight is 418 g/mol.